The third kappa shape index (κ3) is 16.7. The quantitative estimate of drug-likeness (QED) is 0.178. The van der Waals surface area contributed by atoms with Gasteiger partial charge >= 0.3 is 0 Å². The van der Waals surface area contributed by atoms with Gasteiger partial charge in [-0.3, -0.25) is 28.8 Å². The van der Waals surface area contributed by atoms with E-state index in [2.05, 4.69) is 52.6 Å². The van der Waals surface area contributed by atoms with Crippen molar-refractivity contribution in [2.24, 2.45) is 10.8 Å². The summed E-state index contributed by atoms with van der Waals surface area (Å²) in [5.41, 5.74) is 2.93. The van der Waals surface area contributed by atoms with Gasteiger partial charge in [0, 0.05) is 12.1 Å². The van der Waals surface area contributed by atoms with E-state index in [1.165, 1.54) is 0 Å². The minimum Gasteiger partial charge on any atom is -0.343 e. The predicted molar refractivity (Wildman–Crippen MR) is 321 cm³/mol. The number of hydrogen-bond acceptors (Lipinski definition) is 10. The van der Waals surface area contributed by atoms with E-state index >= 15 is 0 Å². The van der Waals surface area contributed by atoms with Crippen LogP contribution < -0.4 is 26.6 Å². The summed E-state index contributed by atoms with van der Waals surface area (Å²) in [5.74, 6) is 0.360. The molecular weight excluding hydrogens is 1060 g/mol. The molecule has 0 saturated carbocycles. The molecule has 4 aliphatic rings. The number of amides is 5. The van der Waals surface area contributed by atoms with Gasteiger partial charge in [-0.2, -0.15) is 108 Å². The van der Waals surface area contributed by atoms with Crippen LogP contribution in [0.5, 0.6) is 0 Å². The molecule has 4 aliphatic heterocycles. The van der Waals surface area contributed by atoms with Crippen molar-refractivity contribution in [3.05, 3.63) is 65.2 Å². The number of fused-ring (bicyclic) bond motifs is 2. The molecule has 23 heteroatoms. The average Bonchev–Trinajstić information content (AvgIpc) is 3.53. The van der Waals surface area contributed by atoms with Crippen molar-refractivity contribution in [3.8, 4) is 0 Å². The Morgan fingerprint density at radius 1 is 0.603 bits per heavy atom. The van der Waals surface area contributed by atoms with Crippen LogP contribution in [0.1, 0.15) is 83.9 Å². The van der Waals surface area contributed by atoms with Crippen LogP contribution >= 0.6 is 131 Å². The molecule has 0 aliphatic carbocycles. The average molecular weight is 1130 g/mol. The molecule has 4 saturated heterocycles. The normalized spacial score (nSPS) is 23.7. The highest BCUT2D eigenvalue weighted by Crippen LogP contribution is 2.48. The number of nitrogens with zero attached hydrogens (tertiary/aromatic N) is 2. The Labute approximate surface area is 469 Å². The second kappa shape index (κ2) is 30.8. The van der Waals surface area contributed by atoms with Crippen LogP contribution in [0, 0.1) is 10.8 Å². The molecule has 8 atom stereocenters. The van der Waals surface area contributed by atoms with Crippen LogP contribution in [-0.4, -0.2) is 118 Å². The highest BCUT2D eigenvalue weighted by atomic mass is 32.2. The number of anilines is 1. The molecule has 0 bridgehead atoms. The lowest BCUT2D eigenvalue weighted by Crippen LogP contribution is -2.57. The van der Waals surface area contributed by atoms with Crippen LogP contribution in [0.15, 0.2) is 48.5 Å². The molecule has 0 spiro atoms. The summed E-state index contributed by atoms with van der Waals surface area (Å²) in [7, 11) is 3.41. The second-order valence-electron chi connectivity index (χ2n) is 18.2. The Kier molecular flexibility index (Phi) is 32.2. The second-order valence-corrected chi connectivity index (χ2v) is 20.8. The van der Waals surface area contributed by atoms with Crippen LogP contribution in [0.3, 0.4) is 0 Å². The Morgan fingerprint density at radius 2 is 0.971 bits per heavy atom. The van der Waals surface area contributed by atoms with Crippen LogP contribution in [0.2, 0.25) is 0 Å². The van der Waals surface area contributed by atoms with Gasteiger partial charge in [0.1, 0.15) is 18.1 Å². The number of nitrogens with one attached hydrogen (secondary N) is 5. The van der Waals surface area contributed by atoms with E-state index in [9.17, 15) is 28.8 Å². The van der Waals surface area contributed by atoms with Crippen molar-refractivity contribution >= 4 is 172 Å². The summed E-state index contributed by atoms with van der Waals surface area (Å²) in [6.45, 7) is 11.7. The highest BCUT2D eigenvalue weighted by molar-refractivity contribution is 8.00. The third-order valence-corrected chi connectivity index (χ3v) is 15.3. The van der Waals surface area contributed by atoms with Gasteiger partial charge in [0.15, 0.2) is 5.78 Å². The number of hydrogen-bond donors (Lipinski definition) is 5. The summed E-state index contributed by atoms with van der Waals surface area (Å²) in [4.78, 5) is 84.6. The Bertz CT molecular complexity index is 1820. The minimum absolute atomic E-state index is 0. The molecule has 6 rings (SSSR count). The topological polar surface area (TPSA) is 169 Å². The SMILES string of the molecule is CN[C@@H](C)C(=O)N[C@H]1CCS[C@H]2CC(C)(C)[C@@H](C(=O)Nc3ccc(CCc4ccc(CC(=O)[C@H]5N6C(=O)[C@@H](NC(=O)[C@H](C)NC)CCS[C@@H]6CC5(C)C)cc4)cc3)N2C1=O.S.S.S.S.S.S.S.S. The summed E-state index contributed by atoms with van der Waals surface area (Å²) in [5, 5.41) is 14.5. The Morgan fingerprint density at radius 3 is 1.38 bits per heavy atom. The Balaban J connectivity index is -0.00000528. The summed E-state index contributed by atoms with van der Waals surface area (Å²) in [6, 6.07) is 12.4. The molecule has 2 aromatic rings. The fourth-order valence-corrected chi connectivity index (χ4v) is 12.2. The molecule has 4 fully saturated rings. The number of likely N-dealkylation sites (N-methyl/N-ethyl adjacent to an activating group) is 2. The maximum Gasteiger partial charge on any atom is 0.247 e. The molecule has 13 nitrogen and oxygen atoms in total. The first-order chi connectivity index (χ1) is 28.4. The zero-order chi connectivity index (χ0) is 43.5. The first kappa shape index (κ1) is 71.1. The van der Waals surface area contributed by atoms with Gasteiger partial charge in [-0.05, 0) is 118 Å². The van der Waals surface area contributed by atoms with Crippen molar-refractivity contribution < 1.29 is 28.8 Å². The number of rotatable bonds is 14. The number of aryl methyl sites for hydroxylation is 2. The predicted octanol–water partition coefficient (Wildman–Crippen LogP) is 4.79. The zero-order valence-corrected chi connectivity index (χ0v) is 49.9. The van der Waals surface area contributed by atoms with Crippen LogP contribution in [0.4, 0.5) is 5.69 Å². The van der Waals surface area contributed by atoms with Gasteiger partial charge < -0.3 is 36.4 Å². The summed E-state index contributed by atoms with van der Waals surface area (Å²) in [6.07, 6.45) is 4.23. The molecular formula is C45H79N7O6S10. The van der Waals surface area contributed by atoms with Gasteiger partial charge in [0.05, 0.1) is 28.9 Å². The number of benzene rings is 2. The first-order valence-electron chi connectivity index (χ1n) is 21.3. The van der Waals surface area contributed by atoms with E-state index in [1.807, 2.05) is 50.2 Å². The van der Waals surface area contributed by atoms with Gasteiger partial charge in [0.2, 0.25) is 29.5 Å². The van der Waals surface area contributed by atoms with E-state index in [0.717, 1.165) is 41.7 Å². The maximum atomic E-state index is 14.0. The van der Waals surface area contributed by atoms with E-state index in [4.69, 9.17) is 0 Å². The monoisotopic (exact) mass is 1130 g/mol. The van der Waals surface area contributed by atoms with Crippen molar-refractivity contribution in [1.29, 1.82) is 0 Å². The molecule has 390 valence electrons. The molecule has 4 heterocycles. The van der Waals surface area contributed by atoms with Gasteiger partial charge in [-0.15, -0.1) is 23.5 Å². The maximum absolute atomic E-state index is 14.0. The molecule has 2 aromatic carbocycles. The molecule has 5 N–H and O–H groups in total. The van der Waals surface area contributed by atoms with E-state index in [0.29, 0.717) is 30.7 Å². The zero-order valence-electron chi connectivity index (χ0n) is 40.3. The van der Waals surface area contributed by atoms with E-state index < -0.39 is 47.1 Å². The third-order valence-electron chi connectivity index (χ3n) is 12.8. The molecule has 0 aromatic heterocycles. The lowest BCUT2D eigenvalue weighted by atomic mass is 9.81. The summed E-state index contributed by atoms with van der Waals surface area (Å²) < 4.78 is 0. The van der Waals surface area contributed by atoms with Gasteiger partial charge in [0.25, 0.3) is 0 Å². The largest absolute Gasteiger partial charge is 0.343 e. The van der Waals surface area contributed by atoms with Crippen molar-refractivity contribution in [2.45, 2.75) is 133 Å². The lowest BCUT2D eigenvalue weighted by Gasteiger charge is -2.34. The molecule has 68 heavy (non-hydrogen) atoms. The number of carbonyl (C=O) groups excluding carboxylic acids is 6. The molecule has 5 amide bonds. The van der Waals surface area contributed by atoms with Gasteiger partial charge in [-0.25, -0.2) is 0 Å². The Hall–Kier alpha value is -1.12. The lowest BCUT2D eigenvalue weighted by molar-refractivity contribution is -0.142. The number of Topliss-reactive ketones (excluding diaryl/α,β-unsaturated/α-hetero) is 1. The van der Waals surface area contributed by atoms with Crippen molar-refractivity contribution in [1.82, 2.24) is 31.1 Å². The number of ketones is 1. The fourth-order valence-electron chi connectivity index (χ4n) is 9.04. The highest BCUT2D eigenvalue weighted by Gasteiger charge is 2.55. The van der Waals surface area contributed by atoms with Crippen molar-refractivity contribution in [2.75, 3.05) is 30.9 Å². The van der Waals surface area contributed by atoms with E-state index in [-0.39, 0.29) is 160 Å². The first-order valence-corrected chi connectivity index (χ1v) is 23.4. The van der Waals surface area contributed by atoms with Crippen LogP contribution in [0.25, 0.3) is 0 Å². The van der Waals surface area contributed by atoms with Crippen molar-refractivity contribution in [3.63, 3.8) is 0 Å². The minimum atomic E-state index is -0.684. The number of carbonyl (C=O) groups is 6. The standard InChI is InChI=1S/C45H63N7O6S2.8H2S/c1-26(46-7)39(54)49-32-19-21-59-35-24-44(3,4)37(51(35)42(32)57)34(53)23-30-13-11-28(12-14-30)9-10-29-15-17-31(18-16-29)48-41(56)38-45(5,6)25-36-52(38)43(58)33(20-22-60-36)50-40(55)27(2)47-8;;;;;;;;/h11-18,26-27,32-33,35-38,46-47H,9-10,19-25H2,1-8H3,(H,48,56)(H,49,54)(H,50,55);8*1H2/t26-,27-,32-,33-,35+,36-,37+,38+;;;;;;;;/m0......../s1. The molecule has 0 unspecified atom stereocenters. The van der Waals surface area contributed by atoms with Gasteiger partial charge in [-0.1, -0.05) is 64.1 Å². The fraction of sp³-hybridized carbons (Fsp3) is 0.600. The number of thioether (sulfide) groups is 2. The smallest absolute Gasteiger partial charge is 0.247 e. The molecule has 0 radical (unpaired) electrons. The van der Waals surface area contributed by atoms with Crippen LogP contribution in [-0.2, 0) is 48.0 Å². The van der Waals surface area contributed by atoms with E-state index in [1.54, 1.807) is 61.3 Å². The summed E-state index contributed by atoms with van der Waals surface area (Å²) >= 11 is 3.37.